The molecule has 13 heavy (non-hydrogen) atoms. The van der Waals surface area contributed by atoms with Crippen molar-refractivity contribution < 1.29 is 9.84 Å². The van der Waals surface area contributed by atoms with Crippen molar-refractivity contribution in [2.24, 2.45) is 5.92 Å². The van der Waals surface area contributed by atoms with Crippen molar-refractivity contribution in [3.8, 4) is 11.5 Å². The number of hydrogen-bond acceptors (Lipinski definition) is 2. The summed E-state index contributed by atoms with van der Waals surface area (Å²) >= 11 is 0. The van der Waals surface area contributed by atoms with Gasteiger partial charge in [-0.15, -0.1) is 0 Å². The van der Waals surface area contributed by atoms with Gasteiger partial charge in [-0.1, -0.05) is 13.0 Å². The lowest BCUT2D eigenvalue weighted by atomic mass is 10.1. The molecule has 70 valence electrons. The maximum absolute atomic E-state index is 9.38. The van der Waals surface area contributed by atoms with Gasteiger partial charge in [0.15, 0.2) is 11.5 Å². The topological polar surface area (TPSA) is 29.5 Å². The number of hydrogen-bond donors (Lipinski definition) is 1. The fraction of sp³-hybridized carbons (Fsp3) is 0.455. The van der Waals surface area contributed by atoms with Crippen LogP contribution in [0, 0.1) is 5.92 Å². The van der Waals surface area contributed by atoms with E-state index in [0.717, 1.165) is 5.92 Å². The molecule has 0 saturated heterocycles. The molecule has 1 aliphatic carbocycles. The number of phenolic OH excluding ortho intramolecular Hbond substituents is 1. The summed E-state index contributed by atoms with van der Waals surface area (Å²) in [6.07, 6.45) is 1.26. The van der Waals surface area contributed by atoms with E-state index >= 15 is 0 Å². The Kier molecular flexibility index (Phi) is 1.91. The quantitative estimate of drug-likeness (QED) is 0.754. The van der Waals surface area contributed by atoms with Crippen LogP contribution < -0.4 is 4.74 Å². The minimum absolute atomic E-state index is 0.222. The van der Waals surface area contributed by atoms with Crippen LogP contribution >= 0.6 is 0 Å². The Morgan fingerprint density at radius 2 is 2.15 bits per heavy atom. The second-order valence-electron chi connectivity index (χ2n) is 3.75. The molecule has 0 heterocycles. The zero-order chi connectivity index (χ0) is 9.42. The van der Waals surface area contributed by atoms with E-state index in [1.165, 1.54) is 12.0 Å². The Morgan fingerprint density at radius 1 is 1.46 bits per heavy atom. The summed E-state index contributed by atoms with van der Waals surface area (Å²) in [6, 6.07) is 5.62. The standard InChI is InChI=1S/C11H14O2/c1-7-5-9(7)8-3-4-10(12)11(6-8)13-2/h3-4,6-7,9,12H,5H2,1-2H3. The largest absolute Gasteiger partial charge is 0.504 e. The van der Waals surface area contributed by atoms with E-state index in [0.29, 0.717) is 11.7 Å². The van der Waals surface area contributed by atoms with Crippen molar-refractivity contribution in [2.45, 2.75) is 19.3 Å². The van der Waals surface area contributed by atoms with Crippen LogP contribution in [0.2, 0.25) is 0 Å². The normalized spacial score (nSPS) is 25.7. The molecule has 0 aliphatic heterocycles. The van der Waals surface area contributed by atoms with Crippen LogP contribution in [0.25, 0.3) is 0 Å². The van der Waals surface area contributed by atoms with E-state index in [2.05, 4.69) is 6.92 Å². The SMILES string of the molecule is COc1cc(C2CC2C)ccc1O. The molecule has 1 fully saturated rings. The van der Waals surface area contributed by atoms with Gasteiger partial charge in [0.1, 0.15) is 0 Å². The van der Waals surface area contributed by atoms with Crippen molar-refractivity contribution in [1.82, 2.24) is 0 Å². The molecule has 2 heteroatoms. The van der Waals surface area contributed by atoms with Gasteiger partial charge in [0.2, 0.25) is 0 Å². The highest BCUT2D eigenvalue weighted by atomic mass is 16.5. The van der Waals surface area contributed by atoms with Crippen LogP contribution in [0.5, 0.6) is 11.5 Å². The number of phenols is 1. The van der Waals surface area contributed by atoms with E-state index in [9.17, 15) is 5.11 Å². The van der Waals surface area contributed by atoms with Gasteiger partial charge in [0.05, 0.1) is 7.11 Å². The van der Waals surface area contributed by atoms with Crippen molar-refractivity contribution >= 4 is 0 Å². The van der Waals surface area contributed by atoms with Gasteiger partial charge in [-0.2, -0.15) is 0 Å². The molecule has 0 aromatic heterocycles. The first-order valence-electron chi connectivity index (χ1n) is 4.59. The molecule has 2 atom stereocenters. The molecule has 1 aromatic carbocycles. The van der Waals surface area contributed by atoms with Crippen molar-refractivity contribution in [3.05, 3.63) is 23.8 Å². The third kappa shape index (κ3) is 1.48. The first kappa shape index (κ1) is 8.42. The zero-order valence-corrected chi connectivity index (χ0v) is 7.95. The molecule has 0 radical (unpaired) electrons. The van der Waals surface area contributed by atoms with E-state index in [1.54, 1.807) is 13.2 Å². The maximum Gasteiger partial charge on any atom is 0.160 e. The summed E-state index contributed by atoms with van der Waals surface area (Å²) in [5.74, 6) is 2.26. The van der Waals surface area contributed by atoms with E-state index in [1.807, 2.05) is 12.1 Å². The maximum atomic E-state index is 9.38. The van der Waals surface area contributed by atoms with Crippen LogP contribution in [0.1, 0.15) is 24.8 Å². The molecule has 2 nitrogen and oxygen atoms in total. The van der Waals surface area contributed by atoms with Gasteiger partial charge in [-0.25, -0.2) is 0 Å². The third-order valence-electron chi connectivity index (χ3n) is 2.74. The highest BCUT2D eigenvalue weighted by molar-refractivity contribution is 5.44. The second kappa shape index (κ2) is 2.95. The first-order chi connectivity index (χ1) is 6.22. The van der Waals surface area contributed by atoms with Crippen LogP contribution in [-0.4, -0.2) is 12.2 Å². The molecule has 2 rings (SSSR count). The molecule has 1 saturated carbocycles. The summed E-state index contributed by atoms with van der Waals surface area (Å²) in [5.41, 5.74) is 1.28. The average molecular weight is 178 g/mol. The predicted octanol–water partition coefficient (Wildman–Crippen LogP) is 2.52. The van der Waals surface area contributed by atoms with Crippen LogP contribution in [-0.2, 0) is 0 Å². The minimum atomic E-state index is 0.222. The Hall–Kier alpha value is -1.18. The molecule has 1 aromatic rings. The number of aromatic hydroxyl groups is 1. The van der Waals surface area contributed by atoms with E-state index in [4.69, 9.17) is 4.74 Å². The number of ether oxygens (including phenoxy) is 1. The number of benzene rings is 1. The number of methoxy groups -OCH3 is 1. The Balaban J connectivity index is 2.28. The molecule has 0 bridgehead atoms. The predicted molar refractivity (Wildman–Crippen MR) is 51.2 cm³/mol. The molecular weight excluding hydrogens is 164 g/mol. The molecule has 1 aliphatic rings. The summed E-state index contributed by atoms with van der Waals surface area (Å²) in [4.78, 5) is 0. The van der Waals surface area contributed by atoms with Gasteiger partial charge < -0.3 is 9.84 Å². The lowest BCUT2D eigenvalue weighted by Gasteiger charge is -2.05. The molecule has 0 amide bonds. The van der Waals surface area contributed by atoms with Gasteiger partial charge >= 0.3 is 0 Å². The van der Waals surface area contributed by atoms with Gasteiger partial charge in [-0.3, -0.25) is 0 Å². The minimum Gasteiger partial charge on any atom is -0.504 e. The van der Waals surface area contributed by atoms with Crippen molar-refractivity contribution in [3.63, 3.8) is 0 Å². The van der Waals surface area contributed by atoms with Gasteiger partial charge in [0, 0.05) is 0 Å². The molecule has 2 unspecified atom stereocenters. The number of rotatable bonds is 2. The first-order valence-corrected chi connectivity index (χ1v) is 4.59. The Morgan fingerprint density at radius 3 is 2.69 bits per heavy atom. The average Bonchev–Trinajstić information content (AvgIpc) is 2.84. The van der Waals surface area contributed by atoms with Crippen molar-refractivity contribution in [2.75, 3.05) is 7.11 Å². The lowest BCUT2D eigenvalue weighted by Crippen LogP contribution is -1.87. The fourth-order valence-corrected chi connectivity index (χ4v) is 1.71. The van der Waals surface area contributed by atoms with Crippen LogP contribution in [0.3, 0.4) is 0 Å². The van der Waals surface area contributed by atoms with Crippen molar-refractivity contribution in [1.29, 1.82) is 0 Å². The summed E-state index contributed by atoms with van der Waals surface area (Å²) < 4.78 is 5.05. The lowest BCUT2D eigenvalue weighted by molar-refractivity contribution is 0.373. The molecular formula is C11H14O2. The molecule has 0 spiro atoms. The Bertz CT molecular complexity index is 320. The van der Waals surface area contributed by atoms with Gasteiger partial charge in [-0.05, 0) is 36.0 Å². The van der Waals surface area contributed by atoms with Crippen LogP contribution in [0.15, 0.2) is 18.2 Å². The zero-order valence-electron chi connectivity index (χ0n) is 7.95. The summed E-state index contributed by atoms with van der Waals surface area (Å²) in [7, 11) is 1.58. The van der Waals surface area contributed by atoms with E-state index in [-0.39, 0.29) is 5.75 Å². The monoisotopic (exact) mass is 178 g/mol. The fourth-order valence-electron chi connectivity index (χ4n) is 1.71. The highest BCUT2D eigenvalue weighted by Crippen LogP contribution is 2.48. The van der Waals surface area contributed by atoms with Crippen LogP contribution in [0.4, 0.5) is 0 Å². The van der Waals surface area contributed by atoms with Gasteiger partial charge in [0.25, 0.3) is 0 Å². The smallest absolute Gasteiger partial charge is 0.160 e. The second-order valence-corrected chi connectivity index (χ2v) is 3.75. The summed E-state index contributed by atoms with van der Waals surface area (Å²) in [6.45, 7) is 2.24. The third-order valence-corrected chi connectivity index (χ3v) is 2.74. The Labute approximate surface area is 78.2 Å². The van der Waals surface area contributed by atoms with E-state index < -0.39 is 0 Å². The summed E-state index contributed by atoms with van der Waals surface area (Å²) in [5, 5.41) is 9.38. The molecule has 1 N–H and O–H groups in total. The highest BCUT2D eigenvalue weighted by Gasteiger charge is 2.34.